The van der Waals surface area contributed by atoms with Gasteiger partial charge in [-0.2, -0.15) is 0 Å². The summed E-state index contributed by atoms with van der Waals surface area (Å²) in [5.74, 6) is -0.00758. The van der Waals surface area contributed by atoms with E-state index in [1.165, 1.54) is 0 Å². The first-order valence-corrected chi connectivity index (χ1v) is 8.38. The largest absolute Gasteiger partial charge is 0.354 e. The highest BCUT2D eigenvalue weighted by molar-refractivity contribution is 5.97. The Balaban J connectivity index is 1.54. The predicted octanol–water partition coefficient (Wildman–Crippen LogP) is 0.709. The van der Waals surface area contributed by atoms with Crippen molar-refractivity contribution < 1.29 is 14.4 Å². The maximum Gasteiger partial charge on any atom is 0.321 e. The average molecular weight is 328 g/mol. The van der Waals surface area contributed by atoms with Gasteiger partial charge in [-0.3, -0.25) is 14.5 Å². The van der Waals surface area contributed by atoms with Crippen molar-refractivity contribution in [3.8, 4) is 0 Å². The monoisotopic (exact) mass is 328 g/mol. The summed E-state index contributed by atoms with van der Waals surface area (Å²) < 4.78 is 0. The zero-order valence-corrected chi connectivity index (χ0v) is 13.3. The molecule has 1 aromatic carbocycles. The minimum Gasteiger partial charge on any atom is -0.354 e. The van der Waals surface area contributed by atoms with Gasteiger partial charge in [0.1, 0.15) is 0 Å². The van der Waals surface area contributed by atoms with E-state index < -0.39 is 0 Å². The van der Waals surface area contributed by atoms with Crippen molar-refractivity contribution >= 4 is 23.5 Å². The van der Waals surface area contributed by atoms with E-state index in [0.717, 1.165) is 18.5 Å². The molecule has 3 aliphatic rings. The van der Waals surface area contributed by atoms with E-state index in [-0.39, 0.29) is 29.9 Å². The quantitative estimate of drug-likeness (QED) is 0.839. The Kier molecular flexibility index (Phi) is 3.63. The fourth-order valence-corrected chi connectivity index (χ4v) is 3.86. The molecular weight excluding hydrogens is 308 g/mol. The molecule has 0 aliphatic carbocycles. The molecule has 24 heavy (non-hydrogen) atoms. The lowest BCUT2D eigenvalue weighted by Crippen LogP contribution is -2.42. The fraction of sp³-hybridized carbons (Fsp3) is 0.471. The molecule has 1 aromatic rings. The number of carbonyl (C=O) groups excluding carboxylic acids is 3. The van der Waals surface area contributed by atoms with E-state index in [4.69, 9.17) is 0 Å². The number of hydrogen-bond acceptors (Lipinski definition) is 3. The van der Waals surface area contributed by atoms with Crippen LogP contribution in [0.15, 0.2) is 24.3 Å². The Bertz CT molecular complexity index is 688. The smallest absolute Gasteiger partial charge is 0.321 e. The molecule has 4 amide bonds. The molecule has 0 saturated carbocycles. The Morgan fingerprint density at radius 3 is 2.50 bits per heavy atom. The third-order valence-electron chi connectivity index (χ3n) is 5.09. The zero-order chi connectivity index (χ0) is 16.7. The molecule has 126 valence electrons. The molecule has 7 nitrogen and oxygen atoms in total. The minimum atomic E-state index is -0.107. The highest BCUT2D eigenvalue weighted by Crippen LogP contribution is 2.30. The Hall–Kier alpha value is -2.57. The first-order valence-electron chi connectivity index (χ1n) is 8.38. The number of carbonyl (C=O) groups is 3. The molecular formula is C17H20N4O3. The maximum absolute atomic E-state index is 12.9. The summed E-state index contributed by atoms with van der Waals surface area (Å²) in [5, 5.41) is 5.64. The summed E-state index contributed by atoms with van der Waals surface area (Å²) in [7, 11) is 0. The number of amides is 4. The maximum atomic E-state index is 12.9. The van der Waals surface area contributed by atoms with Gasteiger partial charge in [-0.1, -0.05) is 0 Å². The van der Waals surface area contributed by atoms with E-state index in [2.05, 4.69) is 10.6 Å². The number of nitrogens with one attached hydrogen (secondary N) is 2. The minimum absolute atomic E-state index is 0.00552. The number of fused-ring (bicyclic) bond motifs is 2. The van der Waals surface area contributed by atoms with Crippen LogP contribution in [0.5, 0.6) is 0 Å². The van der Waals surface area contributed by atoms with Gasteiger partial charge in [0, 0.05) is 49.4 Å². The number of anilines is 1. The van der Waals surface area contributed by atoms with Gasteiger partial charge in [-0.15, -0.1) is 0 Å². The molecule has 3 heterocycles. The third kappa shape index (κ3) is 2.50. The van der Waals surface area contributed by atoms with Crippen LogP contribution in [0.3, 0.4) is 0 Å². The fourth-order valence-electron chi connectivity index (χ4n) is 3.86. The molecule has 0 aromatic heterocycles. The van der Waals surface area contributed by atoms with Crippen molar-refractivity contribution in [2.45, 2.75) is 31.3 Å². The second-order valence-electron chi connectivity index (χ2n) is 6.54. The highest BCUT2D eigenvalue weighted by Gasteiger charge is 2.40. The SMILES string of the molecule is O=C1CC2CCC(CN1)N2C(=O)c1ccc(N2CCNC2=O)cc1. The van der Waals surface area contributed by atoms with Crippen LogP contribution in [0.2, 0.25) is 0 Å². The standard InChI is InChI=1S/C17H20N4O3/c22-15-9-13-5-6-14(10-19-15)21(13)16(23)11-1-3-12(4-2-11)20-8-7-18-17(20)24/h1-4,13-14H,5-10H2,(H,18,24)(H,19,22). The van der Waals surface area contributed by atoms with Gasteiger partial charge >= 0.3 is 6.03 Å². The predicted molar refractivity (Wildman–Crippen MR) is 87.8 cm³/mol. The van der Waals surface area contributed by atoms with Gasteiger partial charge < -0.3 is 15.5 Å². The Labute approximate surface area is 140 Å². The molecule has 3 aliphatic heterocycles. The van der Waals surface area contributed by atoms with Crippen LogP contribution >= 0.6 is 0 Å². The first-order chi connectivity index (χ1) is 11.6. The van der Waals surface area contributed by atoms with Crippen molar-refractivity contribution in [2.75, 3.05) is 24.5 Å². The lowest BCUT2D eigenvalue weighted by molar-refractivity contribution is -0.121. The van der Waals surface area contributed by atoms with E-state index in [1.807, 2.05) is 4.90 Å². The van der Waals surface area contributed by atoms with Gasteiger partial charge in [0.05, 0.1) is 0 Å². The highest BCUT2D eigenvalue weighted by atomic mass is 16.2. The number of urea groups is 1. The van der Waals surface area contributed by atoms with Crippen molar-refractivity contribution in [3.05, 3.63) is 29.8 Å². The topological polar surface area (TPSA) is 81.8 Å². The average Bonchev–Trinajstić information content (AvgIpc) is 3.13. The summed E-state index contributed by atoms with van der Waals surface area (Å²) in [5.41, 5.74) is 1.39. The molecule has 0 radical (unpaired) electrons. The second kappa shape index (κ2) is 5.81. The van der Waals surface area contributed by atoms with Crippen LogP contribution < -0.4 is 15.5 Å². The number of nitrogens with zero attached hydrogens (tertiary/aromatic N) is 2. The molecule has 2 unspecified atom stereocenters. The van der Waals surface area contributed by atoms with Crippen LogP contribution in [0.1, 0.15) is 29.6 Å². The van der Waals surface area contributed by atoms with Crippen LogP contribution in [0.25, 0.3) is 0 Å². The van der Waals surface area contributed by atoms with E-state index in [1.54, 1.807) is 29.2 Å². The van der Waals surface area contributed by atoms with Crippen LogP contribution in [0, 0.1) is 0 Å². The lowest BCUT2D eigenvalue weighted by Gasteiger charge is -2.27. The summed E-state index contributed by atoms with van der Waals surface area (Å²) in [6.45, 7) is 1.81. The van der Waals surface area contributed by atoms with Gasteiger partial charge in [0.2, 0.25) is 5.91 Å². The molecule has 2 bridgehead atoms. The van der Waals surface area contributed by atoms with E-state index in [9.17, 15) is 14.4 Å². The summed E-state index contributed by atoms with van der Waals surface area (Å²) in [6.07, 6.45) is 2.20. The number of benzene rings is 1. The Morgan fingerprint density at radius 1 is 1.04 bits per heavy atom. The summed E-state index contributed by atoms with van der Waals surface area (Å²) in [6, 6.07) is 7.12. The van der Waals surface area contributed by atoms with Crippen molar-refractivity contribution in [3.63, 3.8) is 0 Å². The van der Waals surface area contributed by atoms with Crippen LogP contribution in [-0.2, 0) is 4.79 Å². The van der Waals surface area contributed by atoms with Crippen molar-refractivity contribution in [1.82, 2.24) is 15.5 Å². The van der Waals surface area contributed by atoms with Gasteiger partial charge in [0.15, 0.2) is 0 Å². The normalized spacial score (nSPS) is 26.2. The Morgan fingerprint density at radius 2 is 1.79 bits per heavy atom. The third-order valence-corrected chi connectivity index (χ3v) is 5.09. The molecule has 3 fully saturated rings. The molecule has 2 atom stereocenters. The summed E-state index contributed by atoms with van der Waals surface area (Å²) in [4.78, 5) is 39.9. The van der Waals surface area contributed by atoms with Crippen molar-refractivity contribution in [2.24, 2.45) is 0 Å². The number of hydrogen-bond donors (Lipinski definition) is 2. The molecule has 2 N–H and O–H groups in total. The molecule has 4 rings (SSSR count). The van der Waals surface area contributed by atoms with Crippen LogP contribution in [0.4, 0.5) is 10.5 Å². The van der Waals surface area contributed by atoms with Gasteiger partial charge in [-0.05, 0) is 37.1 Å². The zero-order valence-electron chi connectivity index (χ0n) is 13.3. The molecule has 7 heteroatoms. The van der Waals surface area contributed by atoms with Crippen LogP contribution in [-0.4, -0.2) is 54.5 Å². The van der Waals surface area contributed by atoms with E-state index in [0.29, 0.717) is 31.6 Å². The number of rotatable bonds is 2. The molecule has 3 saturated heterocycles. The summed E-state index contributed by atoms with van der Waals surface area (Å²) >= 11 is 0. The second-order valence-corrected chi connectivity index (χ2v) is 6.54. The lowest BCUT2D eigenvalue weighted by atomic mass is 10.1. The van der Waals surface area contributed by atoms with E-state index >= 15 is 0 Å². The van der Waals surface area contributed by atoms with Gasteiger partial charge in [0.25, 0.3) is 5.91 Å². The van der Waals surface area contributed by atoms with Gasteiger partial charge in [-0.25, -0.2) is 4.79 Å². The van der Waals surface area contributed by atoms with Crippen molar-refractivity contribution in [1.29, 1.82) is 0 Å². The first kappa shape index (κ1) is 15.0. The molecule has 0 spiro atoms.